The van der Waals surface area contributed by atoms with Gasteiger partial charge in [-0.3, -0.25) is 0 Å². The fourth-order valence-electron chi connectivity index (χ4n) is 1.24. The molecule has 0 unspecified atom stereocenters. The van der Waals surface area contributed by atoms with Crippen molar-refractivity contribution in [2.75, 3.05) is 0 Å². The van der Waals surface area contributed by atoms with Crippen LogP contribution in [0.15, 0.2) is 11.6 Å². The van der Waals surface area contributed by atoms with Crippen molar-refractivity contribution in [3.63, 3.8) is 0 Å². The Hall–Kier alpha value is -0.790. The van der Waals surface area contributed by atoms with Gasteiger partial charge in [-0.2, -0.15) is 0 Å². The Bertz CT molecular complexity index is 171. The number of hydrogen-bond donors (Lipinski definition) is 1. The van der Waals surface area contributed by atoms with Gasteiger partial charge in [0, 0.05) is 5.57 Å². The number of hydrogen-bond acceptors (Lipinski definition) is 1. The van der Waals surface area contributed by atoms with Crippen molar-refractivity contribution in [1.29, 1.82) is 0 Å². The number of carboxylic acids is 1. The topological polar surface area (TPSA) is 37.3 Å². The number of rotatable bonds is 7. The molecule has 0 saturated heterocycles. The zero-order valence-corrected chi connectivity index (χ0v) is 8.68. The number of allylic oxidation sites excluding steroid dienone is 1. The normalized spacial score (nSPS) is 11.7. The summed E-state index contributed by atoms with van der Waals surface area (Å²) in [4.78, 5) is 10.7. The van der Waals surface area contributed by atoms with Gasteiger partial charge in [0.25, 0.3) is 0 Å². The molecule has 0 aromatic rings. The predicted octanol–water partition coefficient (Wildman–Crippen LogP) is 3.38. The second-order valence-electron chi connectivity index (χ2n) is 3.28. The number of carbonyl (C=O) groups is 1. The molecule has 2 nitrogen and oxygen atoms in total. The quantitative estimate of drug-likeness (QED) is 0.486. The molecular weight excluding hydrogens is 164 g/mol. The fourth-order valence-corrected chi connectivity index (χ4v) is 1.24. The van der Waals surface area contributed by atoms with Crippen LogP contribution in [0.4, 0.5) is 0 Å². The first-order valence-corrected chi connectivity index (χ1v) is 5.14. The Kier molecular flexibility index (Phi) is 7.36. The Labute approximate surface area is 80.7 Å². The highest BCUT2D eigenvalue weighted by Gasteiger charge is 2.03. The summed E-state index contributed by atoms with van der Waals surface area (Å²) in [6, 6.07) is 0. The third kappa shape index (κ3) is 6.38. The van der Waals surface area contributed by atoms with Gasteiger partial charge in [-0.15, -0.1) is 0 Å². The lowest BCUT2D eigenvalue weighted by Crippen LogP contribution is -1.99. The molecule has 0 fully saturated rings. The predicted molar refractivity (Wildman–Crippen MR) is 54.8 cm³/mol. The van der Waals surface area contributed by atoms with Crippen LogP contribution in [0.3, 0.4) is 0 Å². The van der Waals surface area contributed by atoms with E-state index >= 15 is 0 Å². The second-order valence-corrected chi connectivity index (χ2v) is 3.28. The van der Waals surface area contributed by atoms with Gasteiger partial charge in [-0.05, 0) is 19.3 Å². The van der Waals surface area contributed by atoms with Gasteiger partial charge < -0.3 is 5.11 Å². The average molecular weight is 184 g/mol. The average Bonchev–Trinajstić information content (AvgIpc) is 2.10. The molecule has 0 bridgehead atoms. The summed E-state index contributed by atoms with van der Waals surface area (Å²) in [5, 5.41) is 8.79. The van der Waals surface area contributed by atoms with E-state index in [4.69, 9.17) is 5.11 Å². The van der Waals surface area contributed by atoms with E-state index in [2.05, 4.69) is 6.92 Å². The number of carboxylic acid groups (broad SMARTS) is 1. The molecule has 0 aromatic heterocycles. The Morgan fingerprint density at radius 3 is 2.38 bits per heavy atom. The first kappa shape index (κ1) is 12.2. The lowest BCUT2D eigenvalue weighted by molar-refractivity contribution is -0.132. The molecule has 0 aromatic carbocycles. The lowest BCUT2D eigenvalue weighted by Gasteiger charge is -1.99. The first-order valence-electron chi connectivity index (χ1n) is 5.14. The van der Waals surface area contributed by atoms with E-state index in [1.54, 1.807) is 0 Å². The van der Waals surface area contributed by atoms with E-state index in [1.165, 1.54) is 12.8 Å². The van der Waals surface area contributed by atoms with Crippen molar-refractivity contribution < 1.29 is 9.90 Å². The van der Waals surface area contributed by atoms with Crippen LogP contribution in [-0.4, -0.2) is 11.1 Å². The van der Waals surface area contributed by atoms with E-state index in [9.17, 15) is 4.79 Å². The third-order valence-electron chi connectivity index (χ3n) is 1.99. The lowest BCUT2D eigenvalue weighted by atomic mass is 10.1. The minimum absolute atomic E-state index is 0.582. The maximum absolute atomic E-state index is 10.7. The van der Waals surface area contributed by atoms with Crippen molar-refractivity contribution in [2.24, 2.45) is 0 Å². The van der Waals surface area contributed by atoms with Crippen LogP contribution in [-0.2, 0) is 4.79 Å². The molecule has 2 heteroatoms. The SMILES string of the molecule is CCCCC/C=C(\CCC)C(=O)O. The van der Waals surface area contributed by atoms with Gasteiger partial charge in [-0.25, -0.2) is 4.79 Å². The minimum Gasteiger partial charge on any atom is -0.478 e. The molecule has 0 aliphatic rings. The van der Waals surface area contributed by atoms with Crippen LogP contribution in [0, 0.1) is 0 Å². The summed E-state index contributed by atoms with van der Waals surface area (Å²) in [6.07, 6.45) is 7.88. The van der Waals surface area contributed by atoms with Gasteiger partial charge in [0.15, 0.2) is 0 Å². The highest BCUT2D eigenvalue weighted by Crippen LogP contribution is 2.08. The summed E-state index contributed by atoms with van der Waals surface area (Å²) < 4.78 is 0. The van der Waals surface area contributed by atoms with Gasteiger partial charge in [0.2, 0.25) is 0 Å². The Morgan fingerprint density at radius 1 is 1.23 bits per heavy atom. The third-order valence-corrected chi connectivity index (χ3v) is 1.99. The minimum atomic E-state index is -0.752. The number of aliphatic carboxylic acids is 1. The van der Waals surface area contributed by atoms with E-state index in [-0.39, 0.29) is 0 Å². The summed E-state index contributed by atoms with van der Waals surface area (Å²) in [6.45, 7) is 4.15. The van der Waals surface area contributed by atoms with Crippen LogP contribution in [0.2, 0.25) is 0 Å². The number of unbranched alkanes of at least 4 members (excludes halogenated alkanes) is 3. The largest absolute Gasteiger partial charge is 0.478 e. The molecule has 0 heterocycles. The molecule has 0 rings (SSSR count). The summed E-state index contributed by atoms with van der Waals surface area (Å²) in [5.74, 6) is -0.752. The van der Waals surface area contributed by atoms with Crippen LogP contribution in [0.25, 0.3) is 0 Å². The first-order chi connectivity index (χ1) is 6.22. The molecule has 1 N–H and O–H groups in total. The Morgan fingerprint density at radius 2 is 1.92 bits per heavy atom. The standard InChI is InChI=1S/C11H20O2/c1-3-5-6-7-9-10(8-4-2)11(12)13/h9H,3-8H2,1-2H3,(H,12,13)/b10-9+. The molecule has 0 aliphatic heterocycles. The van der Waals surface area contributed by atoms with Gasteiger partial charge in [0.1, 0.15) is 0 Å². The van der Waals surface area contributed by atoms with E-state index in [0.29, 0.717) is 12.0 Å². The van der Waals surface area contributed by atoms with Crippen molar-refractivity contribution in [2.45, 2.75) is 52.4 Å². The molecule has 0 saturated carbocycles. The maximum Gasteiger partial charge on any atom is 0.331 e. The van der Waals surface area contributed by atoms with Crippen LogP contribution >= 0.6 is 0 Å². The van der Waals surface area contributed by atoms with Gasteiger partial charge >= 0.3 is 5.97 Å². The van der Waals surface area contributed by atoms with Gasteiger partial charge in [0.05, 0.1) is 0 Å². The van der Waals surface area contributed by atoms with E-state index in [1.807, 2.05) is 13.0 Å². The van der Waals surface area contributed by atoms with Crippen molar-refractivity contribution in [3.8, 4) is 0 Å². The second kappa shape index (κ2) is 7.84. The van der Waals surface area contributed by atoms with Crippen LogP contribution in [0.5, 0.6) is 0 Å². The molecular formula is C11H20O2. The molecule has 0 radical (unpaired) electrons. The van der Waals surface area contributed by atoms with Gasteiger partial charge in [-0.1, -0.05) is 39.2 Å². The zero-order valence-electron chi connectivity index (χ0n) is 8.68. The smallest absolute Gasteiger partial charge is 0.331 e. The molecule has 0 aliphatic carbocycles. The molecule has 0 spiro atoms. The van der Waals surface area contributed by atoms with E-state index in [0.717, 1.165) is 19.3 Å². The summed E-state index contributed by atoms with van der Waals surface area (Å²) in [7, 11) is 0. The summed E-state index contributed by atoms with van der Waals surface area (Å²) >= 11 is 0. The fraction of sp³-hybridized carbons (Fsp3) is 0.727. The van der Waals surface area contributed by atoms with Crippen molar-refractivity contribution in [3.05, 3.63) is 11.6 Å². The van der Waals surface area contributed by atoms with Crippen LogP contribution < -0.4 is 0 Å². The zero-order chi connectivity index (χ0) is 10.1. The highest BCUT2D eigenvalue weighted by molar-refractivity contribution is 5.86. The van der Waals surface area contributed by atoms with Crippen LogP contribution in [0.1, 0.15) is 52.4 Å². The molecule has 0 amide bonds. The maximum atomic E-state index is 10.7. The Balaban J connectivity index is 3.82. The monoisotopic (exact) mass is 184 g/mol. The summed E-state index contributed by atoms with van der Waals surface area (Å²) in [5.41, 5.74) is 0.582. The molecule has 13 heavy (non-hydrogen) atoms. The molecule has 0 atom stereocenters. The van der Waals surface area contributed by atoms with E-state index < -0.39 is 5.97 Å². The highest BCUT2D eigenvalue weighted by atomic mass is 16.4. The molecule has 76 valence electrons. The van der Waals surface area contributed by atoms with Crippen molar-refractivity contribution in [1.82, 2.24) is 0 Å². The van der Waals surface area contributed by atoms with Crippen molar-refractivity contribution >= 4 is 5.97 Å².